The first-order chi connectivity index (χ1) is 9.24. The van der Waals surface area contributed by atoms with E-state index in [-0.39, 0.29) is 0 Å². The summed E-state index contributed by atoms with van der Waals surface area (Å²) in [4.78, 5) is 4.59. The maximum Gasteiger partial charge on any atom is 0.106 e. The molecule has 0 radical (unpaired) electrons. The number of morpholine rings is 1. The highest BCUT2D eigenvalue weighted by Crippen LogP contribution is 2.17. The van der Waals surface area contributed by atoms with Gasteiger partial charge in [0.15, 0.2) is 0 Å². The second-order valence-corrected chi connectivity index (χ2v) is 5.31. The zero-order chi connectivity index (χ0) is 13.2. The van der Waals surface area contributed by atoms with Crippen LogP contribution in [0.1, 0.15) is 17.8 Å². The van der Waals surface area contributed by atoms with Gasteiger partial charge in [-0.15, -0.1) is 0 Å². The van der Waals surface area contributed by atoms with Crippen molar-refractivity contribution in [3.63, 3.8) is 0 Å². The third-order valence-electron chi connectivity index (χ3n) is 3.95. The molecule has 1 atom stereocenters. The van der Waals surface area contributed by atoms with Crippen molar-refractivity contribution < 1.29 is 4.74 Å². The predicted molar refractivity (Wildman–Crippen MR) is 76.4 cm³/mol. The summed E-state index contributed by atoms with van der Waals surface area (Å²) in [6.45, 7) is 4.70. The Morgan fingerprint density at radius 1 is 1.47 bits per heavy atom. The Labute approximate surface area is 113 Å². The van der Waals surface area contributed by atoms with E-state index in [0.717, 1.165) is 43.9 Å². The minimum Gasteiger partial charge on any atom is -0.379 e. The Bertz CT molecular complexity index is 570. The molecule has 1 unspecified atom stereocenters. The number of hydrogen-bond donors (Lipinski definition) is 1. The molecule has 0 aliphatic carbocycles. The topological polar surface area (TPSA) is 39.1 Å². The lowest BCUT2D eigenvalue weighted by atomic mass is 10.0. The Morgan fingerprint density at radius 2 is 2.37 bits per heavy atom. The molecule has 2 aromatic rings. The van der Waals surface area contributed by atoms with Crippen LogP contribution < -0.4 is 5.32 Å². The van der Waals surface area contributed by atoms with Gasteiger partial charge in [-0.1, -0.05) is 6.07 Å². The number of fused-ring (bicyclic) bond motifs is 1. The maximum atomic E-state index is 5.48. The van der Waals surface area contributed by atoms with E-state index in [1.165, 1.54) is 11.1 Å². The van der Waals surface area contributed by atoms with Gasteiger partial charge in [-0.05, 0) is 37.5 Å². The molecular weight excluding hydrogens is 238 g/mol. The van der Waals surface area contributed by atoms with Gasteiger partial charge in [0.1, 0.15) is 5.82 Å². The van der Waals surface area contributed by atoms with Crippen LogP contribution in [0.2, 0.25) is 0 Å². The molecule has 1 aliphatic rings. The Hall–Kier alpha value is -1.39. The average molecular weight is 259 g/mol. The predicted octanol–water partition coefficient (Wildman–Crippen LogP) is 1.80. The van der Waals surface area contributed by atoms with Crippen molar-refractivity contribution in [1.29, 1.82) is 0 Å². The standard InChI is InChI=1S/C15H21N3O/c1-11-17-14-9-12(4-6-15(14)18(11)2)3-5-13-10-19-8-7-16-13/h4,6,9,13,16H,3,5,7-8,10H2,1-2H3. The van der Waals surface area contributed by atoms with E-state index < -0.39 is 0 Å². The van der Waals surface area contributed by atoms with Gasteiger partial charge in [0.25, 0.3) is 0 Å². The van der Waals surface area contributed by atoms with Crippen molar-refractivity contribution in [1.82, 2.24) is 14.9 Å². The van der Waals surface area contributed by atoms with Crippen LogP contribution in [0.3, 0.4) is 0 Å². The SMILES string of the molecule is Cc1nc2cc(CCC3COCCN3)ccc2n1C. The highest BCUT2D eigenvalue weighted by atomic mass is 16.5. The van der Waals surface area contributed by atoms with Crippen LogP contribution in [0.15, 0.2) is 18.2 Å². The number of imidazole rings is 1. The molecule has 0 amide bonds. The molecule has 1 N–H and O–H groups in total. The first-order valence-electron chi connectivity index (χ1n) is 6.97. The molecule has 1 aromatic heterocycles. The molecule has 0 spiro atoms. The Kier molecular flexibility index (Phi) is 3.53. The summed E-state index contributed by atoms with van der Waals surface area (Å²) in [5.74, 6) is 1.06. The van der Waals surface area contributed by atoms with Crippen LogP contribution in [0.25, 0.3) is 11.0 Å². The lowest BCUT2D eigenvalue weighted by Crippen LogP contribution is -2.41. The lowest BCUT2D eigenvalue weighted by molar-refractivity contribution is 0.0743. The number of nitrogens with one attached hydrogen (secondary N) is 1. The van der Waals surface area contributed by atoms with E-state index >= 15 is 0 Å². The summed E-state index contributed by atoms with van der Waals surface area (Å²) in [6.07, 6.45) is 2.20. The summed E-state index contributed by atoms with van der Waals surface area (Å²) in [5, 5.41) is 3.49. The molecule has 1 saturated heterocycles. The molecule has 19 heavy (non-hydrogen) atoms. The van der Waals surface area contributed by atoms with Gasteiger partial charge >= 0.3 is 0 Å². The minimum absolute atomic E-state index is 0.495. The molecule has 1 fully saturated rings. The lowest BCUT2D eigenvalue weighted by Gasteiger charge is -2.23. The van der Waals surface area contributed by atoms with Crippen molar-refractivity contribution in [2.45, 2.75) is 25.8 Å². The molecule has 1 aliphatic heterocycles. The van der Waals surface area contributed by atoms with Gasteiger partial charge in [0.2, 0.25) is 0 Å². The Balaban J connectivity index is 1.70. The summed E-state index contributed by atoms with van der Waals surface area (Å²) in [5.41, 5.74) is 3.67. The number of rotatable bonds is 3. The average Bonchev–Trinajstić information content (AvgIpc) is 2.73. The van der Waals surface area contributed by atoms with Gasteiger partial charge in [-0.25, -0.2) is 4.98 Å². The van der Waals surface area contributed by atoms with Crippen LogP contribution in [-0.4, -0.2) is 35.4 Å². The smallest absolute Gasteiger partial charge is 0.106 e. The van der Waals surface area contributed by atoms with E-state index in [0.29, 0.717) is 6.04 Å². The van der Waals surface area contributed by atoms with Gasteiger partial charge in [-0.2, -0.15) is 0 Å². The van der Waals surface area contributed by atoms with E-state index in [1.807, 2.05) is 6.92 Å². The molecule has 2 heterocycles. The first-order valence-corrected chi connectivity index (χ1v) is 6.97. The minimum atomic E-state index is 0.495. The molecule has 4 heteroatoms. The van der Waals surface area contributed by atoms with Gasteiger partial charge in [-0.3, -0.25) is 0 Å². The second kappa shape index (κ2) is 5.31. The first kappa shape index (κ1) is 12.6. The summed E-state index contributed by atoms with van der Waals surface area (Å²) < 4.78 is 7.62. The van der Waals surface area contributed by atoms with Crippen molar-refractivity contribution >= 4 is 11.0 Å². The fourth-order valence-corrected chi connectivity index (χ4v) is 2.67. The second-order valence-electron chi connectivity index (χ2n) is 5.31. The van der Waals surface area contributed by atoms with Crippen molar-refractivity contribution in [3.05, 3.63) is 29.6 Å². The van der Waals surface area contributed by atoms with Crippen LogP contribution in [0.4, 0.5) is 0 Å². The molecule has 1 aromatic carbocycles. The summed E-state index contributed by atoms with van der Waals surface area (Å²) >= 11 is 0. The van der Waals surface area contributed by atoms with E-state index in [9.17, 15) is 0 Å². The van der Waals surface area contributed by atoms with Crippen LogP contribution in [0.5, 0.6) is 0 Å². The number of aryl methyl sites for hydroxylation is 3. The molecule has 4 nitrogen and oxygen atoms in total. The fraction of sp³-hybridized carbons (Fsp3) is 0.533. The third kappa shape index (κ3) is 2.65. The zero-order valence-corrected chi connectivity index (χ0v) is 11.6. The highest BCUT2D eigenvalue weighted by molar-refractivity contribution is 5.76. The number of nitrogens with zero attached hydrogens (tertiary/aromatic N) is 2. The van der Waals surface area contributed by atoms with Gasteiger partial charge in [0, 0.05) is 19.6 Å². The largest absolute Gasteiger partial charge is 0.379 e. The fourth-order valence-electron chi connectivity index (χ4n) is 2.67. The maximum absolute atomic E-state index is 5.48. The molecule has 3 rings (SSSR count). The molecular formula is C15H21N3O. The number of benzene rings is 1. The molecule has 0 bridgehead atoms. The summed E-state index contributed by atoms with van der Waals surface area (Å²) in [6, 6.07) is 7.10. The highest BCUT2D eigenvalue weighted by Gasteiger charge is 2.13. The van der Waals surface area contributed by atoms with Crippen LogP contribution in [-0.2, 0) is 18.2 Å². The van der Waals surface area contributed by atoms with Crippen molar-refractivity contribution in [2.24, 2.45) is 7.05 Å². The zero-order valence-electron chi connectivity index (χ0n) is 11.6. The normalized spacial score (nSPS) is 20.0. The molecule has 102 valence electrons. The molecule has 0 saturated carbocycles. The number of aromatic nitrogens is 2. The summed E-state index contributed by atoms with van der Waals surface area (Å²) in [7, 11) is 2.06. The van der Waals surface area contributed by atoms with Gasteiger partial charge < -0.3 is 14.6 Å². The Morgan fingerprint density at radius 3 is 3.16 bits per heavy atom. The number of ether oxygens (including phenoxy) is 1. The van der Waals surface area contributed by atoms with E-state index in [1.54, 1.807) is 0 Å². The van der Waals surface area contributed by atoms with Crippen molar-refractivity contribution in [2.75, 3.05) is 19.8 Å². The monoisotopic (exact) mass is 259 g/mol. The van der Waals surface area contributed by atoms with E-state index in [2.05, 4.69) is 40.1 Å². The van der Waals surface area contributed by atoms with Gasteiger partial charge in [0.05, 0.1) is 24.2 Å². The quantitative estimate of drug-likeness (QED) is 0.913. The number of hydrogen-bond acceptors (Lipinski definition) is 3. The third-order valence-corrected chi connectivity index (χ3v) is 3.95. The van der Waals surface area contributed by atoms with Crippen LogP contribution in [0, 0.1) is 6.92 Å². The van der Waals surface area contributed by atoms with Crippen molar-refractivity contribution in [3.8, 4) is 0 Å². The van der Waals surface area contributed by atoms with Crippen LogP contribution >= 0.6 is 0 Å². The van der Waals surface area contributed by atoms with E-state index in [4.69, 9.17) is 4.74 Å².